The second-order valence-corrected chi connectivity index (χ2v) is 7.67. The number of unbranched alkanes of at least 4 members (excludes halogenated alkanes) is 1. The van der Waals surface area contributed by atoms with Crippen molar-refractivity contribution in [3.8, 4) is 6.07 Å². The molecule has 0 radical (unpaired) electrons. The predicted molar refractivity (Wildman–Crippen MR) is 102 cm³/mol. The van der Waals surface area contributed by atoms with Gasteiger partial charge in [-0.2, -0.15) is 5.26 Å². The van der Waals surface area contributed by atoms with Crippen molar-refractivity contribution >= 4 is 17.7 Å². The monoisotopic (exact) mass is 370 g/mol. The summed E-state index contributed by atoms with van der Waals surface area (Å²) in [6.07, 6.45) is 0.655. The second-order valence-electron chi connectivity index (χ2n) is 7.67. The van der Waals surface area contributed by atoms with E-state index >= 15 is 0 Å². The van der Waals surface area contributed by atoms with E-state index in [0.717, 1.165) is 18.4 Å². The van der Waals surface area contributed by atoms with Crippen LogP contribution in [0.15, 0.2) is 30.4 Å². The smallest absolute Gasteiger partial charge is 0.429 e. The van der Waals surface area contributed by atoms with E-state index in [2.05, 4.69) is 6.58 Å². The van der Waals surface area contributed by atoms with E-state index in [1.165, 1.54) is 0 Å². The normalized spacial score (nSPS) is 18.7. The topological polar surface area (TPSA) is 79.6 Å². The molecule has 0 fully saturated rings. The average Bonchev–Trinajstić information content (AvgIpc) is 2.79. The van der Waals surface area contributed by atoms with Crippen LogP contribution in [0.1, 0.15) is 51.7 Å². The third-order valence-electron chi connectivity index (χ3n) is 4.29. The van der Waals surface area contributed by atoms with E-state index in [4.69, 9.17) is 9.47 Å². The van der Waals surface area contributed by atoms with E-state index in [-0.39, 0.29) is 5.57 Å². The Morgan fingerprint density at radius 1 is 1.37 bits per heavy atom. The van der Waals surface area contributed by atoms with Crippen molar-refractivity contribution < 1.29 is 19.1 Å². The maximum Gasteiger partial charge on any atom is 0.510 e. The third-order valence-corrected chi connectivity index (χ3v) is 4.29. The molecule has 144 valence electrons. The van der Waals surface area contributed by atoms with Crippen LogP contribution in [-0.2, 0) is 19.9 Å². The molecule has 0 saturated heterocycles. The number of nitrogens with zero attached hydrogens (tertiary/aromatic N) is 2. The fourth-order valence-corrected chi connectivity index (χ4v) is 3.05. The SMILES string of the molecule is C=C(C#N)C1(OC(=O)OC(C)(C)C)C(=O)N(CCCC)c2ccc(C)cc21. The highest BCUT2D eigenvalue weighted by Gasteiger charge is 2.57. The molecule has 27 heavy (non-hydrogen) atoms. The molecule has 0 aromatic heterocycles. The lowest BCUT2D eigenvalue weighted by Gasteiger charge is -2.29. The van der Waals surface area contributed by atoms with Crippen LogP contribution in [0.25, 0.3) is 0 Å². The molecule has 1 heterocycles. The van der Waals surface area contributed by atoms with Crippen molar-refractivity contribution in [2.75, 3.05) is 11.4 Å². The lowest BCUT2D eigenvalue weighted by molar-refractivity contribution is -0.136. The molecule has 0 N–H and O–H groups in total. The van der Waals surface area contributed by atoms with Gasteiger partial charge in [-0.15, -0.1) is 0 Å². The van der Waals surface area contributed by atoms with Gasteiger partial charge in [-0.05, 0) is 46.2 Å². The van der Waals surface area contributed by atoms with Crippen LogP contribution in [0.4, 0.5) is 10.5 Å². The number of amides is 1. The number of benzene rings is 1. The zero-order valence-corrected chi connectivity index (χ0v) is 16.6. The lowest BCUT2D eigenvalue weighted by Crippen LogP contribution is -2.46. The molecule has 6 heteroatoms. The van der Waals surface area contributed by atoms with Crippen LogP contribution in [0, 0.1) is 18.3 Å². The molecular weight excluding hydrogens is 344 g/mol. The number of aryl methyl sites for hydroxylation is 1. The molecule has 1 aromatic carbocycles. The molecule has 1 aliphatic heterocycles. The van der Waals surface area contributed by atoms with Gasteiger partial charge < -0.3 is 14.4 Å². The first-order valence-corrected chi connectivity index (χ1v) is 9.01. The van der Waals surface area contributed by atoms with Gasteiger partial charge >= 0.3 is 6.16 Å². The highest BCUT2D eigenvalue weighted by atomic mass is 16.7. The Balaban J connectivity index is 2.60. The first kappa shape index (κ1) is 20.5. The van der Waals surface area contributed by atoms with E-state index in [1.54, 1.807) is 31.7 Å². The predicted octanol–water partition coefficient (Wildman–Crippen LogP) is 4.37. The third kappa shape index (κ3) is 3.82. The Bertz CT molecular complexity index is 816. The Morgan fingerprint density at radius 3 is 2.59 bits per heavy atom. The van der Waals surface area contributed by atoms with Crippen molar-refractivity contribution in [1.82, 2.24) is 0 Å². The van der Waals surface area contributed by atoms with Crippen LogP contribution in [0.2, 0.25) is 0 Å². The summed E-state index contributed by atoms with van der Waals surface area (Å²) in [7, 11) is 0. The van der Waals surface area contributed by atoms with E-state index in [9.17, 15) is 14.9 Å². The van der Waals surface area contributed by atoms with Crippen molar-refractivity contribution in [3.63, 3.8) is 0 Å². The summed E-state index contributed by atoms with van der Waals surface area (Å²) < 4.78 is 10.8. The van der Waals surface area contributed by atoms with E-state index in [1.807, 2.05) is 32.0 Å². The summed E-state index contributed by atoms with van der Waals surface area (Å²) in [5.41, 5.74) is -0.900. The molecule has 0 spiro atoms. The van der Waals surface area contributed by atoms with Gasteiger partial charge in [0.05, 0.1) is 17.3 Å². The standard InChI is InChI=1S/C21H26N2O4/c1-7-8-11-23-17-10-9-14(2)12-16(17)21(18(23)24,15(3)13-22)27-19(25)26-20(4,5)6/h9-10,12H,3,7-8,11H2,1-2,4-6H3. The summed E-state index contributed by atoms with van der Waals surface area (Å²) in [6.45, 7) is 13.2. The number of hydrogen-bond acceptors (Lipinski definition) is 5. The summed E-state index contributed by atoms with van der Waals surface area (Å²) in [4.78, 5) is 27.4. The fourth-order valence-electron chi connectivity index (χ4n) is 3.05. The zero-order valence-electron chi connectivity index (χ0n) is 16.6. The fraction of sp³-hybridized carbons (Fsp3) is 0.476. The van der Waals surface area contributed by atoms with Crippen LogP contribution in [0.5, 0.6) is 0 Å². The average molecular weight is 370 g/mol. The first-order valence-electron chi connectivity index (χ1n) is 9.01. The quantitative estimate of drug-likeness (QED) is 0.568. The van der Waals surface area contributed by atoms with Crippen molar-refractivity contribution in [3.05, 3.63) is 41.5 Å². The van der Waals surface area contributed by atoms with Gasteiger partial charge in [-0.25, -0.2) is 4.79 Å². The van der Waals surface area contributed by atoms with Crippen LogP contribution in [0.3, 0.4) is 0 Å². The highest BCUT2D eigenvalue weighted by Crippen LogP contribution is 2.47. The molecule has 6 nitrogen and oxygen atoms in total. The molecule has 0 saturated carbocycles. The maximum atomic E-state index is 13.4. The minimum Gasteiger partial charge on any atom is -0.429 e. The van der Waals surface area contributed by atoms with Crippen LogP contribution in [-0.4, -0.2) is 24.2 Å². The van der Waals surface area contributed by atoms with E-state index < -0.39 is 23.3 Å². The molecule has 1 atom stereocenters. The van der Waals surface area contributed by atoms with Gasteiger partial charge in [0.25, 0.3) is 11.5 Å². The van der Waals surface area contributed by atoms with Gasteiger partial charge in [0.2, 0.25) is 0 Å². The summed E-state index contributed by atoms with van der Waals surface area (Å²) in [5.74, 6) is -0.492. The number of ether oxygens (including phenoxy) is 2. The minimum atomic E-state index is -1.90. The Hall–Kier alpha value is -2.81. The van der Waals surface area contributed by atoms with Crippen LogP contribution >= 0.6 is 0 Å². The zero-order chi connectivity index (χ0) is 20.4. The molecule has 1 aliphatic rings. The van der Waals surface area contributed by atoms with Crippen molar-refractivity contribution in [2.45, 2.75) is 58.7 Å². The molecule has 1 aromatic rings. The molecule has 1 amide bonds. The lowest BCUT2D eigenvalue weighted by atomic mass is 9.87. The Morgan fingerprint density at radius 2 is 2.04 bits per heavy atom. The van der Waals surface area contributed by atoms with Crippen molar-refractivity contribution in [2.24, 2.45) is 0 Å². The van der Waals surface area contributed by atoms with E-state index in [0.29, 0.717) is 17.8 Å². The highest BCUT2D eigenvalue weighted by molar-refractivity contribution is 6.10. The van der Waals surface area contributed by atoms with Gasteiger partial charge in [0.15, 0.2) is 0 Å². The largest absolute Gasteiger partial charge is 0.510 e. The van der Waals surface area contributed by atoms with Gasteiger partial charge in [-0.3, -0.25) is 4.79 Å². The van der Waals surface area contributed by atoms with Crippen LogP contribution < -0.4 is 4.90 Å². The Kier molecular flexibility index (Phi) is 5.65. The minimum absolute atomic E-state index is 0.149. The maximum absolute atomic E-state index is 13.4. The molecule has 0 bridgehead atoms. The number of anilines is 1. The molecule has 1 unspecified atom stereocenters. The number of rotatable bonds is 5. The number of hydrogen-bond donors (Lipinski definition) is 0. The summed E-state index contributed by atoms with van der Waals surface area (Å²) in [6, 6.07) is 7.35. The van der Waals surface area contributed by atoms with Gasteiger partial charge in [0, 0.05) is 12.1 Å². The molecular formula is C21H26N2O4. The summed E-state index contributed by atoms with van der Waals surface area (Å²) >= 11 is 0. The first-order chi connectivity index (χ1) is 12.6. The number of carbonyl (C=O) groups is 2. The van der Waals surface area contributed by atoms with Gasteiger partial charge in [0.1, 0.15) is 5.60 Å². The van der Waals surface area contributed by atoms with Crippen molar-refractivity contribution in [1.29, 1.82) is 5.26 Å². The number of carbonyl (C=O) groups excluding carboxylic acids is 2. The molecule has 2 rings (SSSR count). The Labute approximate surface area is 160 Å². The van der Waals surface area contributed by atoms with Gasteiger partial charge in [-0.1, -0.05) is 31.6 Å². The molecule has 0 aliphatic carbocycles. The number of fused-ring (bicyclic) bond motifs is 1. The summed E-state index contributed by atoms with van der Waals surface area (Å²) in [5, 5.41) is 9.53. The number of nitriles is 1. The second kappa shape index (κ2) is 7.43.